The minimum absolute atomic E-state index is 0.0464. The van der Waals surface area contributed by atoms with Gasteiger partial charge in [-0.2, -0.15) is 0 Å². The maximum atomic E-state index is 12.7. The summed E-state index contributed by atoms with van der Waals surface area (Å²) in [5.74, 6) is -0.677. The quantitative estimate of drug-likeness (QED) is 0.819. The van der Waals surface area contributed by atoms with E-state index in [1.165, 1.54) is 0 Å². The van der Waals surface area contributed by atoms with E-state index in [1.54, 1.807) is 26.1 Å². The molecule has 3 rings (SSSR count). The SMILES string of the molecule is CC(C)(C(=O)NCC1CCCO1)C(=O)Nc1cccc2cccnc12. The number of nitrogens with one attached hydrogen (secondary N) is 2. The van der Waals surface area contributed by atoms with Crippen molar-refractivity contribution in [1.82, 2.24) is 10.3 Å². The van der Waals surface area contributed by atoms with Crippen molar-refractivity contribution >= 4 is 28.4 Å². The number of rotatable bonds is 5. The second-order valence-electron chi connectivity index (χ2n) is 6.80. The van der Waals surface area contributed by atoms with Gasteiger partial charge in [-0.3, -0.25) is 14.6 Å². The Hall–Kier alpha value is -2.47. The smallest absolute Gasteiger partial charge is 0.239 e. The molecule has 6 heteroatoms. The van der Waals surface area contributed by atoms with Crippen molar-refractivity contribution in [3.8, 4) is 0 Å². The van der Waals surface area contributed by atoms with Crippen LogP contribution < -0.4 is 10.6 Å². The molecule has 1 fully saturated rings. The Kier molecular flexibility index (Phi) is 4.99. The van der Waals surface area contributed by atoms with E-state index < -0.39 is 5.41 Å². The summed E-state index contributed by atoms with van der Waals surface area (Å²) in [6.07, 6.45) is 3.68. The lowest BCUT2D eigenvalue weighted by atomic mass is 9.90. The lowest BCUT2D eigenvalue weighted by Gasteiger charge is -2.24. The van der Waals surface area contributed by atoms with Crippen LogP contribution >= 0.6 is 0 Å². The van der Waals surface area contributed by atoms with E-state index in [0.717, 1.165) is 24.8 Å². The van der Waals surface area contributed by atoms with Gasteiger partial charge in [0.15, 0.2) is 0 Å². The molecule has 2 heterocycles. The van der Waals surface area contributed by atoms with Gasteiger partial charge in [0.1, 0.15) is 5.41 Å². The van der Waals surface area contributed by atoms with Crippen LogP contribution in [0.1, 0.15) is 26.7 Å². The second-order valence-corrected chi connectivity index (χ2v) is 6.80. The summed E-state index contributed by atoms with van der Waals surface area (Å²) in [5, 5.41) is 6.60. The van der Waals surface area contributed by atoms with Gasteiger partial charge >= 0.3 is 0 Å². The number of benzene rings is 1. The molecule has 1 atom stereocenters. The molecule has 0 bridgehead atoms. The van der Waals surface area contributed by atoms with Gasteiger partial charge in [0, 0.05) is 24.7 Å². The van der Waals surface area contributed by atoms with Crippen molar-refractivity contribution in [2.45, 2.75) is 32.8 Å². The predicted octanol–water partition coefficient (Wildman–Crippen LogP) is 2.49. The van der Waals surface area contributed by atoms with Crippen LogP contribution in [0.15, 0.2) is 36.5 Å². The minimum Gasteiger partial charge on any atom is -0.376 e. The standard InChI is InChI=1S/C19H23N3O3/c1-19(2,17(23)21-12-14-8-5-11-25-14)18(24)22-15-9-3-6-13-7-4-10-20-16(13)15/h3-4,6-7,9-10,14H,5,8,11-12H2,1-2H3,(H,21,23)(H,22,24). The van der Waals surface area contributed by atoms with Crippen LogP contribution in [0, 0.1) is 5.41 Å². The topological polar surface area (TPSA) is 80.3 Å². The summed E-state index contributed by atoms with van der Waals surface area (Å²) >= 11 is 0. The Labute approximate surface area is 147 Å². The number of fused-ring (bicyclic) bond motifs is 1. The number of hydrogen-bond acceptors (Lipinski definition) is 4. The number of carbonyl (C=O) groups is 2. The summed E-state index contributed by atoms with van der Waals surface area (Å²) in [6, 6.07) is 9.34. The number of carbonyl (C=O) groups excluding carboxylic acids is 2. The van der Waals surface area contributed by atoms with Crippen LogP contribution in [0.3, 0.4) is 0 Å². The zero-order valence-electron chi connectivity index (χ0n) is 14.5. The molecule has 0 saturated carbocycles. The van der Waals surface area contributed by atoms with Gasteiger partial charge < -0.3 is 15.4 Å². The Bertz CT molecular complexity index is 777. The molecular formula is C19H23N3O3. The molecule has 2 amide bonds. The average molecular weight is 341 g/mol. The Morgan fingerprint density at radius 2 is 2.04 bits per heavy atom. The van der Waals surface area contributed by atoms with Crippen LogP contribution in [0.4, 0.5) is 5.69 Å². The fraction of sp³-hybridized carbons (Fsp3) is 0.421. The van der Waals surface area contributed by atoms with Crippen LogP contribution in [-0.2, 0) is 14.3 Å². The zero-order chi connectivity index (χ0) is 17.9. The molecule has 1 aromatic carbocycles. The van der Waals surface area contributed by atoms with Gasteiger partial charge in [-0.1, -0.05) is 18.2 Å². The number of pyridine rings is 1. The van der Waals surface area contributed by atoms with Gasteiger partial charge in [-0.25, -0.2) is 0 Å². The molecule has 1 aliphatic rings. The summed E-state index contributed by atoms with van der Waals surface area (Å²) in [6.45, 7) is 4.40. The molecule has 0 radical (unpaired) electrons. The van der Waals surface area contributed by atoms with E-state index >= 15 is 0 Å². The molecule has 1 saturated heterocycles. The Morgan fingerprint density at radius 1 is 1.24 bits per heavy atom. The summed E-state index contributed by atoms with van der Waals surface area (Å²) < 4.78 is 5.50. The van der Waals surface area contributed by atoms with Crippen LogP contribution in [0.25, 0.3) is 10.9 Å². The highest BCUT2D eigenvalue weighted by atomic mass is 16.5. The molecule has 0 spiro atoms. The van der Waals surface area contributed by atoms with Crippen molar-refractivity contribution in [3.63, 3.8) is 0 Å². The third-order valence-corrected chi connectivity index (χ3v) is 4.53. The lowest BCUT2D eigenvalue weighted by molar-refractivity contribution is -0.138. The van der Waals surface area contributed by atoms with Crippen LogP contribution in [0.5, 0.6) is 0 Å². The van der Waals surface area contributed by atoms with Crippen molar-refractivity contribution in [2.24, 2.45) is 5.41 Å². The average Bonchev–Trinajstić information content (AvgIpc) is 3.13. The molecule has 0 aliphatic carbocycles. The fourth-order valence-electron chi connectivity index (χ4n) is 2.82. The van der Waals surface area contributed by atoms with Crippen LogP contribution in [-0.4, -0.2) is 36.1 Å². The summed E-state index contributed by atoms with van der Waals surface area (Å²) in [7, 11) is 0. The highest BCUT2D eigenvalue weighted by Gasteiger charge is 2.36. The number of ether oxygens (including phenoxy) is 1. The first-order valence-electron chi connectivity index (χ1n) is 8.53. The fourth-order valence-corrected chi connectivity index (χ4v) is 2.82. The number of aromatic nitrogens is 1. The highest BCUT2D eigenvalue weighted by molar-refractivity contribution is 6.12. The molecule has 1 aliphatic heterocycles. The molecule has 25 heavy (non-hydrogen) atoms. The monoisotopic (exact) mass is 341 g/mol. The lowest BCUT2D eigenvalue weighted by Crippen LogP contribution is -2.47. The van der Waals surface area contributed by atoms with Gasteiger partial charge in [-0.05, 0) is 38.8 Å². The molecule has 2 N–H and O–H groups in total. The van der Waals surface area contributed by atoms with E-state index in [1.807, 2.05) is 24.3 Å². The number of anilines is 1. The van der Waals surface area contributed by atoms with Crippen molar-refractivity contribution in [3.05, 3.63) is 36.5 Å². The molecular weight excluding hydrogens is 318 g/mol. The second kappa shape index (κ2) is 7.19. The van der Waals surface area contributed by atoms with Gasteiger partial charge in [0.25, 0.3) is 0 Å². The van der Waals surface area contributed by atoms with Gasteiger partial charge in [-0.15, -0.1) is 0 Å². The third kappa shape index (κ3) is 3.79. The zero-order valence-corrected chi connectivity index (χ0v) is 14.5. The van der Waals surface area contributed by atoms with Crippen molar-refractivity contribution in [2.75, 3.05) is 18.5 Å². The maximum absolute atomic E-state index is 12.7. The van der Waals surface area contributed by atoms with Gasteiger partial charge in [0.2, 0.25) is 11.8 Å². The van der Waals surface area contributed by atoms with E-state index in [0.29, 0.717) is 17.7 Å². The first-order chi connectivity index (χ1) is 12.0. The molecule has 1 aromatic heterocycles. The van der Waals surface area contributed by atoms with Crippen LogP contribution in [0.2, 0.25) is 0 Å². The first-order valence-corrected chi connectivity index (χ1v) is 8.53. The van der Waals surface area contributed by atoms with E-state index in [9.17, 15) is 9.59 Å². The normalized spacial score (nSPS) is 17.4. The predicted molar refractivity (Wildman–Crippen MR) is 96.1 cm³/mol. The first kappa shape index (κ1) is 17.4. The summed E-state index contributed by atoms with van der Waals surface area (Å²) in [5.41, 5.74) is 0.104. The maximum Gasteiger partial charge on any atom is 0.239 e. The van der Waals surface area contributed by atoms with Crippen molar-refractivity contribution < 1.29 is 14.3 Å². The Morgan fingerprint density at radius 3 is 2.80 bits per heavy atom. The summed E-state index contributed by atoms with van der Waals surface area (Å²) in [4.78, 5) is 29.5. The third-order valence-electron chi connectivity index (χ3n) is 4.53. The number of para-hydroxylation sites is 1. The van der Waals surface area contributed by atoms with Crippen molar-refractivity contribution in [1.29, 1.82) is 0 Å². The van der Waals surface area contributed by atoms with Gasteiger partial charge in [0.05, 0.1) is 17.3 Å². The Balaban J connectivity index is 1.68. The number of nitrogens with zero attached hydrogens (tertiary/aromatic N) is 1. The molecule has 132 valence electrons. The van der Waals surface area contributed by atoms with E-state index in [4.69, 9.17) is 4.74 Å². The number of amides is 2. The highest BCUT2D eigenvalue weighted by Crippen LogP contribution is 2.24. The number of hydrogen-bond donors (Lipinski definition) is 2. The molecule has 6 nitrogen and oxygen atoms in total. The molecule has 2 aromatic rings. The van der Waals surface area contributed by atoms with E-state index in [2.05, 4.69) is 15.6 Å². The minimum atomic E-state index is -1.20. The van der Waals surface area contributed by atoms with E-state index in [-0.39, 0.29) is 17.9 Å². The largest absolute Gasteiger partial charge is 0.376 e. The molecule has 1 unspecified atom stereocenters.